The van der Waals surface area contributed by atoms with Gasteiger partial charge in [0.05, 0.1) is 35.0 Å². The summed E-state index contributed by atoms with van der Waals surface area (Å²) >= 11 is 0. The van der Waals surface area contributed by atoms with Gasteiger partial charge >= 0.3 is 5.97 Å². The molecule has 7 nitrogen and oxygen atoms in total. The SMILES string of the molecule is O=C(O)c1ccc(N2CCOCC2)c(NS(=O)(=O)c2ccc(F)cc2)c1. The Morgan fingerprint density at radius 1 is 1.12 bits per heavy atom. The fourth-order valence-corrected chi connectivity index (χ4v) is 3.71. The minimum atomic E-state index is -4.00. The number of halogens is 1. The molecule has 138 valence electrons. The van der Waals surface area contributed by atoms with Crippen molar-refractivity contribution in [3.05, 3.63) is 53.8 Å². The maximum Gasteiger partial charge on any atom is 0.335 e. The van der Waals surface area contributed by atoms with Crippen molar-refractivity contribution in [2.45, 2.75) is 4.90 Å². The summed E-state index contributed by atoms with van der Waals surface area (Å²) in [7, 11) is -4.00. The number of carboxylic acids is 1. The number of carboxylic acid groups (broad SMARTS) is 1. The molecule has 1 aliphatic heterocycles. The lowest BCUT2D eigenvalue weighted by Gasteiger charge is -2.30. The average molecular weight is 380 g/mol. The molecule has 1 aliphatic rings. The van der Waals surface area contributed by atoms with Crippen molar-refractivity contribution in [1.82, 2.24) is 0 Å². The van der Waals surface area contributed by atoms with Crippen molar-refractivity contribution in [3.63, 3.8) is 0 Å². The van der Waals surface area contributed by atoms with Crippen molar-refractivity contribution < 1.29 is 27.4 Å². The number of nitrogens with zero attached hydrogens (tertiary/aromatic N) is 1. The van der Waals surface area contributed by atoms with E-state index in [4.69, 9.17) is 4.74 Å². The van der Waals surface area contributed by atoms with E-state index >= 15 is 0 Å². The third kappa shape index (κ3) is 3.94. The van der Waals surface area contributed by atoms with Gasteiger partial charge in [0.25, 0.3) is 10.0 Å². The first-order valence-electron chi connectivity index (χ1n) is 7.85. The van der Waals surface area contributed by atoms with E-state index in [0.29, 0.717) is 32.0 Å². The second-order valence-electron chi connectivity index (χ2n) is 5.70. The lowest BCUT2D eigenvalue weighted by molar-refractivity contribution is 0.0697. The molecule has 0 atom stereocenters. The van der Waals surface area contributed by atoms with Crippen LogP contribution >= 0.6 is 0 Å². The van der Waals surface area contributed by atoms with Crippen LogP contribution in [0.25, 0.3) is 0 Å². The second kappa shape index (κ2) is 7.30. The number of nitrogens with one attached hydrogen (secondary N) is 1. The number of benzene rings is 2. The van der Waals surface area contributed by atoms with Gasteiger partial charge in [-0.3, -0.25) is 4.72 Å². The second-order valence-corrected chi connectivity index (χ2v) is 7.38. The van der Waals surface area contributed by atoms with Crippen LogP contribution in [0, 0.1) is 5.82 Å². The summed E-state index contributed by atoms with van der Waals surface area (Å²) < 4.78 is 46.0. The van der Waals surface area contributed by atoms with Gasteiger partial charge in [-0.2, -0.15) is 0 Å². The molecule has 0 aromatic heterocycles. The maximum atomic E-state index is 13.1. The highest BCUT2D eigenvalue weighted by atomic mass is 32.2. The Kier molecular flexibility index (Phi) is 5.10. The fraction of sp³-hybridized carbons (Fsp3) is 0.235. The topological polar surface area (TPSA) is 95.9 Å². The molecule has 1 heterocycles. The summed E-state index contributed by atoms with van der Waals surface area (Å²) in [6.45, 7) is 2.09. The van der Waals surface area contributed by atoms with Gasteiger partial charge in [-0.25, -0.2) is 17.6 Å². The van der Waals surface area contributed by atoms with Crippen LogP contribution in [0.15, 0.2) is 47.4 Å². The van der Waals surface area contributed by atoms with Gasteiger partial charge in [-0.15, -0.1) is 0 Å². The number of rotatable bonds is 5. The maximum absolute atomic E-state index is 13.1. The number of ether oxygens (including phenoxy) is 1. The minimum absolute atomic E-state index is 0.0428. The summed E-state index contributed by atoms with van der Waals surface area (Å²) in [5.41, 5.74) is 0.666. The Morgan fingerprint density at radius 2 is 1.77 bits per heavy atom. The molecule has 0 spiro atoms. The molecule has 0 aliphatic carbocycles. The highest BCUT2D eigenvalue weighted by Crippen LogP contribution is 2.30. The summed E-state index contributed by atoms with van der Waals surface area (Å²) in [4.78, 5) is 13.1. The molecule has 0 unspecified atom stereocenters. The van der Waals surface area contributed by atoms with Crippen molar-refractivity contribution in [2.75, 3.05) is 35.9 Å². The van der Waals surface area contributed by atoms with E-state index in [1.807, 2.05) is 4.90 Å². The first-order chi connectivity index (χ1) is 12.4. The van der Waals surface area contributed by atoms with Gasteiger partial charge < -0.3 is 14.7 Å². The van der Waals surface area contributed by atoms with Crippen molar-refractivity contribution in [2.24, 2.45) is 0 Å². The normalized spacial score (nSPS) is 14.9. The molecular formula is C17H17FN2O5S. The molecule has 2 aromatic rings. The summed E-state index contributed by atoms with van der Waals surface area (Å²) in [6, 6.07) is 8.64. The van der Waals surface area contributed by atoms with Crippen molar-refractivity contribution >= 4 is 27.4 Å². The number of aromatic carboxylic acids is 1. The van der Waals surface area contributed by atoms with Crippen molar-refractivity contribution in [1.29, 1.82) is 0 Å². The van der Waals surface area contributed by atoms with Crippen LogP contribution in [0.2, 0.25) is 0 Å². The Balaban J connectivity index is 1.99. The van der Waals surface area contributed by atoms with Gasteiger partial charge in [0.1, 0.15) is 5.82 Å². The van der Waals surface area contributed by atoms with E-state index in [-0.39, 0.29) is 16.1 Å². The molecule has 26 heavy (non-hydrogen) atoms. The Morgan fingerprint density at radius 3 is 2.38 bits per heavy atom. The first-order valence-corrected chi connectivity index (χ1v) is 9.33. The van der Waals surface area contributed by atoms with Crippen LogP contribution in [-0.4, -0.2) is 45.8 Å². The number of anilines is 2. The highest BCUT2D eigenvalue weighted by Gasteiger charge is 2.21. The van der Waals surface area contributed by atoms with Crippen molar-refractivity contribution in [3.8, 4) is 0 Å². The monoisotopic (exact) mass is 380 g/mol. The molecule has 0 radical (unpaired) electrons. The van der Waals surface area contributed by atoms with E-state index < -0.39 is 21.8 Å². The molecule has 2 N–H and O–H groups in total. The lowest BCUT2D eigenvalue weighted by Crippen LogP contribution is -2.36. The Hall–Kier alpha value is -2.65. The fourth-order valence-electron chi connectivity index (χ4n) is 2.65. The van der Waals surface area contributed by atoms with Gasteiger partial charge in [0.15, 0.2) is 0 Å². The van der Waals surface area contributed by atoms with Gasteiger partial charge in [0, 0.05) is 13.1 Å². The Labute approximate surface area is 150 Å². The molecular weight excluding hydrogens is 363 g/mol. The molecule has 1 saturated heterocycles. The minimum Gasteiger partial charge on any atom is -0.478 e. The molecule has 3 rings (SSSR count). The number of hydrogen-bond acceptors (Lipinski definition) is 5. The zero-order valence-electron chi connectivity index (χ0n) is 13.7. The number of hydrogen-bond donors (Lipinski definition) is 2. The van der Waals surface area contributed by atoms with Crippen LogP contribution in [0.5, 0.6) is 0 Å². The van der Waals surface area contributed by atoms with Crippen LogP contribution in [0.3, 0.4) is 0 Å². The Bertz CT molecular complexity index is 909. The zero-order valence-corrected chi connectivity index (χ0v) is 14.5. The molecule has 0 amide bonds. The molecule has 1 fully saturated rings. The first kappa shape index (κ1) is 18.2. The highest BCUT2D eigenvalue weighted by molar-refractivity contribution is 7.92. The average Bonchev–Trinajstić information content (AvgIpc) is 2.62. The molecule has 9 heteroatoms. The van der Waals surface area contributed by atoms with Crippen LogP contribution in [-0.2, 0) is 14.8 Å². The number of carbonyl (C=O) groups is 1. The van der Waals surface area contributed by atoms with E-state index in [9.17, 15) is 22.7 Å². The quantitative estimate of drug-likeness (QED) is 0.825. The standard InChI is InChI=1S/C17H17FN2O5S/c18-13-2-4-14(5-3-13)26(23,24)19-15-11-12(17(21)22)1-6-16(15)20-7-9-25-10-8-20/h1-6,11,19H,7-10H2,(H,21,22). The third-order valence-corrected chi connectivity index (χ3v) is 5.34. The smallest absolute Gasteiger partial charge is 0.335 e. The summed E-state index contributed by atoms with van der Waals surface area (Å²) in [5, 5.41) is 9.20. The summed E-state index contributed by atoms with van der Waals surface area (Å²) in [6.07, 6.45) is 0. The van der Waals surface area contributed by atoms with Gasteiger partial charge in [-0.05, 0) is 42.5 Å². The molecule has 0 bridgehead atoms. The van der Waals surface area contributed by atoms with Crippen LogP contribution in [0.1, 0.15) is 10.4 Å². The summed E-state index contributed by atoms with van der Waals surface area (Å²) in [5.74, 6) is -1.72. The largest absolute Gasteiger partial charge is 0.478 e. The van der Waals surface area contributed by atoms with Gasteiger partial charge in [0.2, 0.25) is 0 Å². The van der Waals surface area contributed by atoms with Gasteiger partial charge in [-0.1, -0.05) is 0 Å². The predicted octanol–water partition coefficient (Wildman–Crippen LogP) is 2.16. The van der Waals surface area contributed by atoms with Crippen LogP contribution in [0.4, 0.5) is 15.8 Å². The zero-order chi connectivity index (χ0) is 18.7. The molecule has 0 saturated carbocycles. The van der Waals surface area contributed by atoms with E-state index in [1.54, 1.807) is 6.07 Å². The number of sulfonamides is 1. The van der Waals surface area contributed by atoms with E-state index in [2.05, 4.69) is 4.72 Å². The third-order valence-electron chi connectivity index (χ3n) is 3.96. The predicted molar refractivity (Wildman–Crippen MR) is 93.6 cm³/mol. The van der Waals surface area contributed by atoms with Crippen LogP contribution < -0.4 is 9.62 Å². The molecule has 2 aromatic carbocycles. The number of morpholine rings is 1. The van der Waals surface area contributed by atoms with E-state index in [1.165, 1.54) is 12.1 Å². The lowest BCUT2D eigenvalue weighted by atomic mass is 10.1. The van der Waals surface area contributed by atoms with E-state index in [0.717, 1.165) is 24.3 Å².